The Kier molecular flexibility index (Phi) is 4.48. The average Bonchev–Trinajstić information content (AvgIpc) is 2.82. The number of hydrogen-bond acceptors (Lipinski definition) is 5. The highest BCUT2D eigenvalue weighted by Crippen LogP contribution is 2.30. The molecule has 0 bridgehead atoms. The number of sulfonamides is 1. The molecule has 1 aliphatic rings. The molecule has 1 aromatic rings. The predicted octanol–water partition coefficient (Wildman–Crippen LogP) is 1.55. The van der Waals surface area contributed by atoms with Crippen LogP contribution >= 0.6 is 11.3 Å². The van der Waals surface area contributed by atoms with Gasteiger partial charge in [0.1, 0.15) is 4.88 Å². The van der Waals surface area contributed by atoms with Gasteiger partial charge in [-0.3, -0.25) is 0 Å². The maximum Gasteiger partial charge on any atom is 0.345 e. The molecule has 2 heterocycles. The van der Waals surface area contributed by atoms with Gasteiger partial charge in [-0.15, -0.1) is 11.3 Å². The minimum Gasteiger partial charge on any atom is -0.477 e. The fraction of sp³-hybridized carbons (Fsp3) is 0.583. The van der Waals surface area contributed by atoms with Crippen LogP contribution in [-0.4, -0.2) is 50.1 Å². The number of carboxylic acids is 1. The molecule has 2 rings (SSSR count). The monoisotopic (exact) mass is 319 g/mol. The van der Waals surface area contributed by atoms with Crippen molar-refractivity contribution in [3.63, 3.8) is 0 Å². The molecule has 1 aromatic heterocycles. The number of methoxy groups -OCH3 is 1. The zero-order valence-electron chi connectivity index (χ0n) is 11.3. The Morgan fingerprint density at radius 3 is 2.50 bits per heavy atom. The van der Waals surface area contributed by atoms with Gasteiger partial charge in [-0.05, 0) is 25.8 Å². The van der Waals surface area contributed by atoms with Crippen molar-refractivity contribution in [2.75, 3.05) is 20.2 Å². The van der Waals surface area contributed by atoms with Crippen molar-refractivity contribution in [2.45, 2.75) is 30.8 Å². The van der Waals surface area contributed by atoms with Gasteiger partial charge < -0.3 is 9.84 Å². The maximum absolute atomic E-state index is 12.5. The molecule has 0 aliphatic carbocycles. The third-order valence-corrected chi connectivity index (χ3v) is 6.63. The van der Waals surface area contributed by atoms with Crippen molar-refractivity contribution in [3.8, 4) is 0 Å². The number of aryl methyl sites for hydroxylation is 1. The Hall–Kier alpha value is -0.960. The number of carbonyl (C=O) groups is 1. The Morgan fingerprint density at radius 2 is 2.05 bits per heavy atom. The van der Waals surface area contributed by atoms with Gasteiger partial charge in [0, 0.05) is 25.1 Å². The summed E-state index contributed by atoms with van der Waals surface area (Å²) in [6.07, 6.45) is 1.41. The van der Waals surface area contributed by atoms with Crippen molar-refractivity contribution in [2.24, 2.45) is 0 Å². The largest absolute Gasteiger partial charge is 0.477 e. The van der Waals surface area contributed by atoms with Crippen LogP contribution < -0.4 is 0 Å². The van der Waals surface area contributed by atoms with Crippen LogP contribution in [0.25, 0.3) is 0 Å². The van der Waals surface area contributed by atoms with E-state index in [1.807, 2.05) is 0 Å². The zero-order chi connectivity index (χ0) is 14.9. The standard InChI is InChI=1S/C12H17NO5S2/c1-8-11(7-10(19-8)12(14)15)20(16,17)13-5-3-9(18-2)4-6-13/h7,9H,3-6H2,1-2H3,(H,14,15). The number of aromatic carboxylic acids is 1. The number of nitrogens with zero attached hydrogens (tertiary/aromatic N) is 1. The van der Waals surface area contributed by atoms with E-state index in [0.29, 0.717) is 30.8 Å². The lowest BCUT2D eigenvalue weighted by atomic mass is 10.1. The fourth-order valence-electron chi connectivity index (χ4n) is 2.27. The summed E-state index contributed by atoms with van der Waals surface area (Å²) < 4.78 is 31.7. The van der Waals surface area contributed by atoms with Crippen molar-refractivity contribution in [3.05, 3.63) is 15.8 Å². The van der Waals surface area contributed by atoms with Gasteiger partial charge in [-0.1, -0.05) is 0 Å². The molecule has 112 valence electrons. The summed E-state index contributed by atoms with van der Waals surface area (Å²) in [6.45, 7) is 2.43. The summed E-state index contributed by atoms with van der Waals surface area (Å²) in [4.78, 5) is 11.6. The molecule has 1 N–H and O–H groups in total. The van der Waals surface area contributed by atoms with E-state index in [1.54, 1.807) is 14.0 Å². The molecule has 1 saturated heterocycles. The third kappa shape index (κ3) is 2.88. The van der Waals surface area contributed by atoms with E-state index < -0.39 is 16.0 Å². The van der Waals surface area contributed by atoms with Gasteiger partial charge in [0.15, 0.2) is 0 Å². The first-order valence-electron chi connectivity index (χ1n) is 6.23. The Bertz CT molecular complexity index is 599. The molecule has 0 atom stereocenters. The topological polar surface area (TPSA) is 83.9 Å². The maximum atomic E-state index is 12.5. The molecular formula is C12H17NO5S2. The van der Waals surface area contributed by atoms with E-state index >= 15 is 0 Å². The summed E-state index contributed by atoms with van der Waals surface area (Å²) in [5, 5.41) is 8.95. The second kappa shape index (κ2) is 5.80. The number of thiophene rings is 1. The van der Waals surface area contributed by atoms with E-state index in [1.165, 1.54) is 10.4 Å². The third-order valence-electron chi connectivity index (χ3n) is 3.44. The van der Waals surface area contributed by atoms with E-state index in [0.717, 1.165) is 11.3 Å². The first kappa shape index (κ1) is 15.4. The van der Waals surface area contributed by atoms with Gasteiger partial charge in [0.25, 0.3) is 0 Å². The van der Waals surface area contributed by atoms with Crippen LogP contribution in [0.5, 0.6) is 0 Å². The molecule has 0 unspecified atom stereocenters. The number of rotatable bonds is 4. The summed E-state index contributed by atoms with van der Waals surface area (Å²) in [7, 11) is -1.99. The van der Waals surface area contributed by atoms with Crippen LogP contribution in [0.2, 0.25) is 0 Å². The molecule has 0 spiro atoms. The number of hydrogen-bond donors (Lipinski definition) is 1. The molecule has 1 fully saturated rings. The lowest BCUT2D eigenvalue weighted by Crippen LogP contribution is -2.40. The molecular weight excluding hydrogens is 302 g/mol. The lowest BCUT2D eigenvalue weighted by molar-refractivity contribution is 0.0604. The molecule has 0 aromatic carbocycles. The minimum absolute atomic E-state index is 0.0489. The minimum atomic E-state index is -3.61. The lowest BCUT2D eigenvalue weighted by Gasteiger charge is -2.30. The fourth-order valence-corrected chi connectivity index (χ4v) is 5.14. The zero-order valence-corrected chi connectivity index (χ0v) is 13.0. The van der Waals surface area contributed by atoms with Crippen molar-refractivity contribution < 1.29 is 23.1 Å². The number of ether oxygens (including phenoxy) is 1. The van der Waals surface area contributed by atoms with E-state index in [9.17, 15) is 13.2 Å². The van der Waals surface area contributed by atoms with Gasteiger partial charge >= 0.3 is 5.97 Å². The van der Waals surface area contributed by atoms with Crippen LogP contribution in [0.15, 0.2) is 11.0 Å². The van der Waals surface area contributed by atoms with E-state index in [4.69, 9.17) is 9.84 Å². The van der Waals surface area contributed by atoms with Gasteiger partial charge in [-0.25, -0.2) is 13.2 Å². The molecule has 1 aliphatic heterocycles. The highest BCUT2D eigenvalue weighted by Gasteiger charge is 2.32. The average molecular weight is 319 g/mol. The van der Waals surface area contributed by atoms with Crippen molar-refractivity contribution in [1.82, 2.24) is 4.31 Å². The Morgan fingerprint density at radius 1 is 1.45 bits per heavy atom. The summed E-state index contributed by atoms with van der Waals surface area (Å²) in [5.41, 5.74) is 0. The Labute approximate surface area is 122 Å². The van der Waals surface area contributed by atoms with Crippen LogP contribution in [0, 0.1) is 6.92 Å². The number of carboxylic acid groups (broad SMARTS) is 1. The predicted molar refractivity (Wildman–Crippen MR) is 74.8 cm³/mol. The van der Waals surface area contributed by atoms with Gasteiger partial charge in [0.05, 0.1) is 11.0 Å². The molecule has 0 radical (unpaired) electrons. The second-order valence-corrected chi connectivity index (χ2v) is 7.84. The van der Waals surface area contributed by atoms with Crippen molar-refractivity contribution in [1.29, 1.82) is 0 Å². The summed E-state index contributed by atoms with van der Waals surface area (Å²) in [6, 6.07) is 1.25. The molecule has 8 heteroatoms. The van der Waals surface area contributed by atoms with Crippen LogP contribution in [0.4, 0.5) is 0 Å². The van der Waals surface area contributed by atoms with Crippen LogP contribution in [0.3, 0.4) is 0 Å². The summed E-state index contributed by atoms with van der Waals surface area (Å²) in [5.74, 6) is -1.10. The molecule has 6 nitrogen and oxygen atoms in total. The smallest absolute Gasteiger partial charge is 0.345 e. The van der Waals surface area contributed by atoms with E-state index in [2.05, 4.69) is 0 Å². The van der Waals surface area contributed by atoms with Crippen molar-refractivity contribution >= 4 is 27.3 Å². The molecule has 0 saturated carbocycles. The SMILES string of the molecule is COC1CCN(S(=O)(=O)c2cc(C(=O)O)sc2C)CC1. The van der Waals surface area contributed by atoms with Gasteiger partial charge in [-0.2, -0.15) is 4.31 Å². The highest BCUT2D eigenvalue weighted by atomic mass is 32.2. The normalized spacial score (nSPS) is 18.3. The van der Waals surface area contributed by atoms with Crippen LogP contribution in [-0.2, 0) is 14.8 Å². The number of piperidine rings is 1. The second-order valence-electron chi connectivity index (χ2n) is 4.68. The summed E-state index contributed by atoms with van der Waals surface area (Å²) >= 11 is 0.988. The van der Waals surface area contributed by atoms with E-state index in [-0.39, 0.29) is 15.9 Å². The highest BCUT2D eigenvalue weighted by molar-refractivity contribution is 7.89. The van der Waals surface area contributed by atoms with Gasteiger partial charge in [0.2, 0.25) is 10.0 Å². The quantitative estimate of drug-likeness (QED) is 0.910. The Balaban J connectivity index is 2.25. The first-order valence-corrected chi connectivity index (χ1v) is 8.48. The first-order chi connectivity index (χ1) is 9.36. The molecule has 20 heavy (non-hydrogen) atoms. The van der Waals surface area contributed by atoms with Crippen LogP contribution in [0.1, 0.15) is 27.4 Å². The molecule has 0 amide bonds.